The van der Waals surface area contributed by atoms with E-state index in [0.717, 1.165) is 29.3 Å². The highest BCUT2D eigenvalue weighted by atomic mass is 16.4. The Balaban J connectivity index is 2.17. The van der Waals surface area contributed by atoms with Crippen LogP contribution in [-0.2, 0) is 6.54 Å². The van der Waals surface area contributed by atoms with E-state index < -0.39 is 11.5 Å². The Morgan fingerprint density at radius 1 is 1.39 bits per heavy atom. The normalized spacial score (nSPS) is 11.2. The molecule has 0 spiro atoms. The molecular formula is C16H17N3O4. The van der Waals surface area contributed by atoms with E-state index in [9.17, 15) is 14.7 Å². The van der Waals surface area contributed by atoms with Crippen LogP contribution in [0.25, 0.3) is 16.9 Å². The Morgan fingerprint density at radius 2 is 2.22 bits per heavy atom. The van der Waals surface area contributed by atoms with Crippen molar-refractivity contribution >= 4 is 11.6 Å². The van der Waals surface area contributed by atoms with E-state index in [4.69, 9.17) is 4.42 Å². The van der Waals surface area contributed by atoms with Gasteiger partial charge in [0.15, 0.2) is 0 Å². The highest BCUT2D eigenvalue weighted by Crippen LogP contribution is 2.20. The summed E-state index contributed by atoms with van der Waals surface area (Å²) < 4.78 is 7.96. The van der Waals surface area contributed by atoms with Crippen LogP contribution in [0.3, 0.4) is 0 Å². The molecule has 0 atom stereocenters. The minimum absolute atomic E-state index is 0.282. The van der Waals surface area contributed by atoms with Gasteiger partial charge in [0.2, 0.25) is 0 Å². The zero-order chi connectivity index (χ0) is 16.4. The topological polar surface area (TPSA) is 89.7 Å². The van der Waals surface area contributed by atoms with E-state index in [1.165, 1.54) is 18.7 Å². The Morgan fingerprint density at radius 3 is 2.87 bits per heavy atom. The van der Waals surface area contributed by atoms with Crippen molar-refractivity contribution in [3.8, 4) is 11.3 Å². The molecule has 0 aliphatic carbocycles. The molecule has 0 saturated carbocycles. The monoisotopic (exact) mass is 315 g/mol. The molecule has 0 aromatic carbocycles. The van der Waals surface area contributed by atoms with Gasteiger partial charge in [-0.05, 0) is 12.5 Å². The maximum atomic E-state index is 12.3. The van der Waals surface area contributed by atoms with Gasteiger partial charge in [-0.25, -0.2) is 4.79 Å². The van der Waals surface area contributed by atoms with Crippen molar-refractivity contribution in [2.24, 2.45) is 0 Å². The van der Waals surface area contributed by atoms with Gasteiger partial charge < -0.3 is 14.1 Å². The molecule has 0 aliphatic rings. The molecule has 0 aliphatic heterocycles. The van der Waals surface area contributed by atoms with Gasteiger partial charge in [-0.15, -0.1) is 0 Å². The SMILES string of the molecule is CCCCCn1cc(C(=O)O)c(=O)n2nc(-c3ccoc3)cc12. The quantitative estimate of drug-likeness (QED) is 0.706. The number of rotatable bonds is 6. The van der Waals surface area contributed by atoms with E-state index >= 15 is 0 Å². The van der Waals surface area contributed by atoms with Gasteiger partial charge in [0.1, 0.15) is 11.2 Å². The summed E-state index contributed by atoms with van der Waals surface area (Å²) in [5, 5.41) is 13.5. The lowest BCUT2D eigenvalue weighted by Crippen LogP contribution is -2.25. The van der Waals surface area contributed by atoms with E-state index in [1.54, 1.807) is 16.7 Å². The van der Waals surface area contributed by atoms with Crippen molar-refractivity contribution < 1.29 is 14.3 Å². The number of nitrogens with zero attached hydrogens (tertiary/aromatic N) is 3. The number of aromatic nitrogens is 3. The first kappa shape index (κ1) is 15.1. The Labute approximate surface area is 131 Å². The van der Waals surface area contributed by atoms with Crippen molar-refractivity contribution in [1.29, 1.82) is 0 Å². The summed E-state index contributed by atoms with van der Waals surface area (Å²) in [5.41, 5.74) is 0.977. The number of aromatic carboxylic acids is 1. The number of fused-ring (bicyclic) bond motifs is 1. The minimum Gasteiger partial charge on any atom is -0.477 e. The van der Waals surface area contributed by atoms with E-state index in [0.29, 0.717) is 17.9 Å². The molecule has 0 radical (unpaired) electrons. The standard InChI is InChI=1S/C16H17N3O4/c1-2-3-4-6-18-9-12(16(21)22)15(20)19-14(18)8-13(17-19)11-5-7-23-10-11/h5,7-10H,2-4,6H2,1H3,(H,21,22). The van der Waals surface area contributed by atoms with Gasteiger partial charge >= 0.3 is 5.97 Å². The van der Waals surface area contributed by atoms with E-state index in [2.05, 4.69) is 12.0 Å². The van der Waals surface area contributed by atoms with Crippen LogP contribution in [0.5, 0.6) is 0 Å². The summed E-state index contributed by atoms with van der Waals surface area (Å²) in [5.74, 6) is -1.25. The van der Waals surface area contributed by atoms with Gasteiger partial charge in [-0.3, -0.25) is 4.79 Å². The van der Waals surface area contributed by atoms with Crippen LogP contribution in [0.4, 0.5) is 0 Å². The maximum absolute atomic E-state index is 12.3. The molecule has 3 rings (SSSR count). The summed E-state index contributed by atoms with van der Waals surface area (Å²) >= 11 is 0. The molecule has 3 aromatic rings. The molecule has 0 unspecified atom stereocenters. The smallest absolute Gasteiger partial charge is 0.342 e. The number of furan rings is 1. The largest absolute Gasteiger partial charge is 0.477 e. The summed E-state index contributed by atoms with van der Waals surface area (Å²) in [6, 6.07) is 3.51. The summed E-state index contributed by atoms with van der Waals surface area (Å²) in [7, 11) is 0. The van der Waals surface area contributed by atoms with Crippen molar-refractivity contribution in [2.45, 2.75) is 32.7 Å². The van der Waals surface area contributed by atoms with Crippen molar-refractivity contribution in [3.63, 3.8) is 0 Å². The fourth-order valence-electron chi connectivity index (χ4n) is 2.53. The molecule has 0 saturated heterocycles. The fourth-order valence-corrected chi connectivity index (χ4v) is 2.53. The van der Waals surface area contributed by atoms with Crippen molar-refractivity contribution in [3.05, 3.63) is 46.8 Å². The number of hydrogen-bond donors (Lipinski definition) is 1. The van der Waals surface area contributed by atoms with E-state index in [-0.39, 0.29) is 5.56 Å². The molecule has 3 aromatic heterocycles. The number of carboxylic acids is 1. The second-order valence-electron chi connectivity index (χ2n) is 5.37. The lowest BCUT2D eigenvalue weighted by atomic mass is 10.2. The first-order chi connectivity index (χ1) is 11.1. The van der Waals surface area contributed by atoms with Crippen molar-refractivity contribution in [1.82, 2.24) is 14.2 Å². The molecule has 23 heavy (non-hydrogen) atoms. The zero-order valence-electron chi connectivity index (χ0n) is 12.7. The number of carbonyl (C=O) groups is 1. The maximum Gasteiger partial charge on any atom is 0.342 e. The summed E-state index contributed by atoms with van der Waals surface area (Å²) in [6.07, 6.45) is 7.45. The molecular weight excluding hydrogens is 298 g/mol. The first-order valence-corrected chi connectivity index (χ1v) is 7.51. The lowest BCUT2D eigenvalue weighted by molar-refractivity contribution is 0.0693. The van der Waals surface area contributed by atoms with Crippen LogP contribution in [-0.4, -0.2) is 25.3 Å². The zero-order valence-corrected chi connectivity index (χ0v) is 12.7. The van der Waals surface area contributed by atoms with Crippen LogP contribution in [0.15, 0.2) is 40.1 Å². The van der Waals surface area contributed by atoms with Gasteiger partial charge in [-0.2, -0.15) is 9.61 Å². The van der Waals surface area contributed by atoms with Crippen molar-refractivity contribution in [2.75, 3.05) is 0 Å². The Kier molecular flexibility index (Phi) is 4.01. The third kappa shape index (κ3) is 2.77. The van der Waals surface area contributed by atoms with E-state index in [1.807, 2.05) is 0 Å². The molecule has 3 heterocycles. The summed E-state index contributed by atoms with van der Waals surface area (Å²) in [6.45, 7) is 2.73. The highest BCUT2D eigenvalue weighted by molar-refractivity contribution is 5.87. The second-order valence-corrected chi connectivity index (χ2v) is 5.37. The number of aryl methyl sites for hydroxylation is 1. The second kappa shape index (κ2) is 6.12. The van der Waals surface area contributed by atoms with Crippen LogP contribution in [0.2, 0.25) is 0 Å². The predicted molar refractivity (Wildman–Crippen MR) is 83.6 cm³/mol. The first-order valence-electron chi connectivity index (χ1n) is 7.51. The van der Waals surface area contributed by atoms with Crippen LogP contribution in [0, 0.1) is 0 Å². The van der Waals surface area contributed by atoms with Crippen LogP contribution in [0.1, 0.15) is 36.5 Å². The molecule has 0 fully saturated rings. The number of carboxylic acid groups (broad SMARTS) is 1. The fraction of sp³-hybridized carbons (Fsp3) is 0.312. The lowest BCUT2D eigenvalue weighted by Gasteiger charge is -2.09. The summed E-state index contributed by atoms with van der Waals surface area (Å²) in [4.78, 5) is 23.6. The molecule has 0 amide bonds. The average molecular weight is 315 g/mol. The van der Waals surface area contributed by atoms with Crippen LogP contribution < -0.4 is 5.56 Å². The predicted octanol–water partition coefficient (Wildman–Crippen LogP) is 2.64. The third-order valence-electron chi connectivity index (χ3n) is 3.74. The van der Waals surface area contributed by atoms with Gasteiger partial charge in [0.05, 0.1) is 18.2 Å². The Hall–Kier alpha value is -2.83. The van der Waals surface area contributed by atoms with Crippen LogP contribution >= 0.6 is 0 Å². The number of unbranched alkanes of at least 4 members (excludes halogenated alkanes) is 2. The van der Waals surface area contributed by atoms with Gasteiger partial charge in [0, 0.05) is 24.4 Å². The molecule has 7 heteroatoms. The molecule has 1 N–H and O–H groups in total. The average Bonchev–Trinajstić information content (AvgIpc) is 3.18. The molecule has 0 bridgehead atoms. The molecule has 7 nitrogen and oxygen atoms in total. The van der Waals surface area contributed by atoms with Gasteiger partial charge in [-0.1, -0.05) is 19.8 Å². The Bertz CT molecular complexity index is 890. The van der Waals surface area contributed by atoms with Gasteiger partial charge in [0.25, 0.3) is 5.56 Å². The number of hydrogen-bond acceptors (Lipinski definition) is 4. The molecule has 120 valence electrons. The minimum atomic E-state index is -1.25. The third-order valence-corrected chi connectivity index (χ3v) is 3.74. The highest BCUT2D eigenvalue weighted by Gasteiger charge is 2.17.